The van der Waals surface area contributed by atoms with Crippen molar-refractivity contribution in [2.75, 3.05) is 13.2 Å². The lowest BCUT2D eigenvalue weighted by atomic mass is 10.1. The number of aromatic nitrogens is 2. The second-order valence-electron chi connectivity index (χ2n) is 5.46. The number of aliphatic hydroxyl groups excluding tert-OH is 1. The maximum Gasteiger partial charge on any atom is 0.127 e. The van der Waals surface area contributed by atoms with Gasteiger partial charge < -0.3 is 5.11 Å². The minimum atomic E-state index is -0.236. The van der Waals surface area contributed by atoms with E-state index in [9.17, 15) is 9.50 Å². The molecule has 0 unspecified atom stereocenters. The van der Waals surface area contributed by atoms with Crippen molar-refractivity contribution in [3.8, 4) is 0 Å². The van der Waals surface area contributed by atoms with Crippen LogP contribution >= 0.6 is 15.9 Å². The molecule has 0 radical (unpaired) electrons. The summed E-state index contributed by atoms with van der Waals surface area (Å²) in [5.41, 5.74) is 2.67. The Balaban J connectivity index is 1.79. The molecule has 1 heterocycles. The molecule has 3 aromatic rings. The van der Waals surface area contributed by atoms with E-state index in [4.69, 9.17) is 0 Å². The van der Waals surface area contributed by atoms with Gasteiger partial charge >= 0.3 is 0 Å². The maximum atomic E-state index is 14.0. The van der Waals surface area contributed by atoms with Crippen LogP contribution in [-0.2, 0) is 13.1 Å². The van der Waals surface area contributed by atoms with Crippen molar-refractivity contribution in [1.82, 2.24) is 15.1 Å². The maximum absolute atomic E-state index is 14.0. The molecule has 2 aromatic carbocycles. The Hall–Kier alpha value is -1.76. The van der Waals surface area contributed by atoms with Crippen LogP contribution in [0.5, 0.6) is 0 Å². The first-order valence-electron chi connectivity index (χ1n) is 7.35. The van der Waals surface area contributed by atoms with E-state index in [2.05, 4.69) is 26.1 Å². The summed E-state index contributed by atoms with van der Waals surface area (Å²) < 4.78 is 14.8. The van der Waals surface area contributed by atoms with Crippen LogP contribution < -0.4 is 0 Å². The highest BCUT2D eigenvalue weighted by atomic mass is 79.9. The number of hydrogen-bond acceptors (Lipinski definition) is 3. The lowest BCUT2D eigenvalue weighted by Crippen LogP contribution is -2.26. The summed E-state index contributed by atoms with van der Waals surface area (Å²) in [6, 6.07) is 11.0. The first-order valence-corrected chi connectivity index (χ1v) is 8.14. The van der Waals surface area contributed by atoms with E-state index in [1.54, 1.807) is 18.3 Å². The van der Waals surface area contributed by atoms with Gasteiger partial charge in [-0.3, -0.25) is 10.00 Å². The summed E-state index contributed by atoms with van der Waals surface area (Å²) >= 11 is 3.37. The van der Waals surface area contributed by atoms with Crippen LogP contribution in [0.4, 0.5) is 4.39 Å². The highest BCUT2D eigenvalue weighted by molar-refractivity contribution is 9.10. The Labute approximate surface area is 142 Å². The fourth-order valence-electron chi connectivity index (χ4n) is 2.60. The molecule has 4 nitrogen and oxygen atoms in total. The lowest BCUT2D eigenvalue weighted by molar-refractivity contribution is 0.183. The van der Waals surface area contributed by atoms with Crippen LogP contribution in [0.1, 0.15) is 11.1 Å². The summed E-state index contributed by atoms with van der Waals surface area (Å²) in [5.74, 6) is -0.236. The number of aliphatic hydroxyl groups is 1. The minimum Gasteiger partial charge on any atom is -0.395 e. The van der Waals surface area contributed by atoms with E-state index in [-0.39, 0.29) is 12.4 Å². The van der Waals surface area contributed by atoms with Crippen LogP contribution in [0.3, 0.4) is 0 Å². The highest BCUT2D eigenvalue weighted by Gasteiger charge is 2.11. The molecule has 3 rings (SSSR count). The molecule has 0 saturated heterocycles. The summed E-state index contributed by atoms with van der Waals surface area (Å²) in [6.45, 7) is 1.57. The van der Waals surface area contributed by atoms with Crippen LogP contribution in [-0.4, -0.2) is 33.4 Å². The van der Waals surface area contributed by atoms with Gasteiger partial charge in [-0.25, -0.2) is 4.39 Å². The zero-order chi connectivity index (χ0) is 16.2. The normalized spacial score (nSPS) is 11.5. The van der Waals surface area contributed by atoms with Crippen molar-refractivity contribution in [1.29, 1.82) is 0 Å². The Morgan fingerprint density at radius 1 is 1.17 bits per heavy atom. The third-order valence-electron chi connectivity index (χ3n) is 3.73. The van der Waals surface area contributed by atoms with Crippen molar-refractivity contribution in [3.63, 3.8) is 0 Å². The molecule has 6 heteroatoms. The molecule has 0 spiro atoms. The van der Waals surface area contributed by atoms with Gasteiger partial charge in [0.2, 0.25) is 0 Å². The second-order valence-corrected chi connectivity index (χ2v) is 6.38. The number of nitrogens with one attached hydrogen (secondary N) is 1. The van der Waals surface area contributed by atoms with E-state index < -0.39 is 0 Å². The molecule has 2 N–H and O–H groups in total. The minimum absolute atomic E-state index is 0.0297. The molecule has 0 aliphatic heterocycles. The van der Waals surface area contributed by atoms with Crippen molar-refractivity contribution in [2.45, 2.75) is 13.1 Å². The van der Waals surface area contributed by atoms with Crippen LogP contribution in [0.15, 0.2) is 47.1 Å². The molecule has 0 amide bonds. The van der Waals surface area contributed by atoms with Crippen LogP contribution in [0.2, 0.25) is 0 Å². The summed E-state index contributed by atoms with van der Waals surface area (Å²) in [6.07, 6.45) is 1.78. The number of rotatable bonds is 6. The number of H-pyrrole nitrogens is 1. The Morgan fingerprint density at radius 3 is 2.87 bits per heavy atom. The van der Waals surface area contributed by atoms with E-state index in [0.717, 1.165) is 20.9 Å². The highest BCUT2D eigenvalue weighted by Crippen LogP contribution is 2.19. The van der Waals surface area contributed by atoms with Gasteiger partial charge in [0.25, 0.3) is 0 Å². The number of fused-ring (bicyclic) bond motifs is 1. The van der Waals surface area contributed by atoms with Crippen molar-refractivity contribution < 1.29 is 9.50 Å². The van der Waals surface area contributed by atoms with E-state index >= 15 is 0 Å². The number of aromatic amines is 1. The van der Waals surface area contributed by atoms with Crippen molar-refractivity contribution >= 4 is 26.8 Å². The first kappa shape index (κ1) is 16.1. The van der Waals surface area contributed by atoms with Gasteiger partial charge in [-0.1, -0.05) is 28.1 Å². The van der Waals surface area contributed by atoms with Crippen molar-refractivity contribution in [3.05, 3.63) is 64.0 Å². The summed E-state index contributed by atoms with van der Waals surface area (Å²) in [4.78, 5) is 2.02. The topological polar surface area (TPSA) is 52.1 Å². The number of nitrogens with zero attached hydrogens (tertiary/aromatic N) is 2. The molecule has 1 aromatic heterocycles. The van der Waals surface area contributed by atoms with Gasteiger partial charge in [0.15, 0.2) is 0 Å². The molecular formula is C17H17BrFN3O. The summed E-state index contributed by atoms with van der Waals surface area (Å²) in [5, 5.41) is 17.3. The van der Waals surface area contributed by atoms with Gasteiger partial charge in [-0.15, -0.1) is 0 Å². The summed E-state index contributed by atoms with van der Waals surface area (Å²) in [7, 11) is 0. The molecule has 0 bridgehead atoms. The predicted molar refractivity (Wildman–Crippen MR) is 91.4 cm³/mol. The molecule has 0 fully saturated rings. The average molecular weight is 378 g/mol. The molecule has 23 heavy (non-hydrogen) atoms. The first-order chi connectivity index (χ1) is 11.2. The van der Waals surface area contributed by atoms with Crippen molar-refractivity contribution in [2.24, 2.45) is 0 Å². The Morgan fingerprint density at radius 2 is 2.04 bits per heavy atom. The largest absolute Gasteiger partial charge is 0.395 e. The van der Waals surface area contributed by atoms with E-state index in [1.807, 2.05) is 23.1 Å². The van der Waals surface area contributed by atoms with Gasteiger partial charge in [-0.2, -0.15) is 5.10 Å². The second kappa shape index (κ2) is 7.21. The third-order valence-corrected chi connectivity index (χ3v) is 4.22. The Kier molecular flexibility index (Phi) is 5.05. The molecule has 0 aliphatic carbocycles. The monoisotopic (exact) mass is 377 g/mol. The third kappa shape index (κ3) is 3.96. The number of benzene rings is 2. The molecular weight excluding hydrogens is 361 g/mol. The average Bonchev–Trinajstić information content (AvgIpc) is 2.99. The van der Waals surface area contributed by atoms with E-state index in [0.29, 0.717) is 25.2 Å². The lowest BCUT2D eigenvalue weighted by Gasteiger charge is -2.22. The van der Waals surface area contributed by atoms with E-state index in [1.165, 1.54) is 6.07 Å². The standard InChI is InChI=1S/C17H17BrFN3O/c18-15-3-4-16(19)14(8-15)11-22(5-6-23)10-12-1-2-13-9-20-21-17(13)7-12/h1-4,7-9,23H,5-6,10-11H2,(H,20,21). The predicted octanol–water partition coefficient (Wildman–Crippen LogP) is 3.46. The van der Waals surface area contributed by atoms with Gasteiger partial charge in [-0.05, 0) is 29.8 Å². The van der Waals surface area contributed by atoms with Gasteiger partial charge in [0.05, 0.1) is 18.3 Å². The quantitative estimate of drug-likeness (QED) is 0.691. The van der Waals surface area contributed by atoms with Crippen LogP contribution in [0, 0.1) is 5.82 Å². The molecule has 0 saturated carbocycles. The molecule has 120 valence electrons. The SMILES string of the molecule is OCCN(Cc1ccc2cn[nH]c2c1)Cc1cc(Br)ccc1F. The van der Waals surface area contributed by atoms with Gasteiger partial charge in [0.1, 0.15) is 5.82 Å². The van der Waals surface area contributed by atoms with Gasteiger partial charge in [0, 0.05) is 35.1 Å². The fraction of sp³-hybridized carbons (Fsp3) is 0.235. The number of halogens is 2. The molecule has 0 aliphatic rings. The van der Waals surface area contributed by atoms with Crippen LogP contribution in [0.25, 0.3) is 10.9 Å². The fourth-order valence-corrected chi connectivity index (χ4v) is 3.01. The zero-order valence-corrected chi connectivity index (χ0v) is 14.1. The zero-order valence-electron chi connectivity index (χ0n) is 12.5. The molecule has 0 atom stereocenters. The smallest absolute Gasteiger partial charge is 0.127 e. The Bertz CT molecular complexity index is 805. The number of hydrogen-bond donors (Lipinski definition) is 2.